The zero-order valence-electron chi connectivity index (χ0n) is 13.3. The van der Waals surface area contributed by atoms with E-state index in [4.69, 9.17) is 4.74 Å². The van der Waals surface area contributed by atoms with Crippen molar-refractivity contribution in [3.05, 3.63) is 95.6 Å². The van der Waals surface area contributed by atoms with E-state index in [1.54, 1.807) is 0 Å². The molecule has 0 amide bonds. The third kappa shape index (κ3) is 2.71. The average molecular weight is 314 g/mol. The molecule has 1 aliphatic rings. The van der Waals surface area contributed by atoms with Gasteiger partial charge in [-0.25, -0.2) is 0 Å². The van der Waals surface area contributed by atoms with Crippen LogP contribution in [0.5, 0.6) is 0 Å². The molecule has 1 aliphatic carbocycles. The molecule has 2 heteroatoms. The van der Waals surface area contributed by atoms with Gasteiger partial charge in [0.2, 0.25) is 0 Å². The summed E-state index contributed by atoms with van der Waals surface area (Å²) in [5.41, 5.74) is 5.96. The lowest BCUT2D eigenvalue weighted by Gasteiger charge is -2.14. The Hall–Kier alpha value is -2.87. The van der Waals surface area contributed by atoms with Crippen molar-refractivity contribution in [3.8, 4) is 11.1 Å². The van der Waals surface area contributed by atoms with E-state index < -0.39 is 0 Å². The highest BCUT2D eigenvalue weighted by molar-refractivity contribution is 5.79. The maximum absolute atomic E-state index is 12.2. The largest absolute Gasteiger partial charge is 0.464 e. The number of esters is 1. The highest BCUT2D eigenvalue weighted by Crippen LogP contribution is 2.44. The van der Waals surface area contributed by atoms with Gasteiger partial charge in [-0.05, 0) is 27.8 Å². The second-order valence-electron chi connectivity index (χ2n) is 6.07. The Morgan fingerprint density at radius 3 is 1.92 bits per heavy atom. The maximum atomic E-state index is 12.2. The molecule has 0 aliphatic heterocycles. The lowest BCUT2D eigenvalue weighted by molar-refractivity contribution is -0.143. The molecule has 0 saturated heterocycles. The Balaban J connectivity index is 1.52. The Kier molecular flexibility index (Phi) is 3.87. The molecule has 0 aromatic heterocycles. The van der Waals surface area contributed by atoms with Crippen LogP contribution in [-0.4, -0.2) is 12.6 Å². The van der Waals surface area contributed by atoms with Gasteiger partial charge in [0, 0.05) is 5.92 Å². The molecule has 0 bridgehead atoms. The van der Waals surface area contributed by atoms with Gasteiger partial charge in [0.1, 0.15) is 6.61 Å². The summed E-state index contributed by atoms with van der Waals surface area (Å²) in [6.45, 7) is 0.389. The van der Waals surface area contributed by atoms with E-state index in [1.807, 2.05) is 42.5 Å². The van der Waals surface area contributed by atoms with Gasteiger partial charge in [-0.2, -0.15) is 0 Å². The normalized spacial score (nSPS) is 12.5. The smallest absolute Gasteiger partial charge is 0.310 e. The Morgan fingerprint density at radius 2 is 1.29 bits per heavy atom. The first-order valence-corrected chi connectivity index (χ1v) is 8.21. The van der Waals surface area contributed by atoms with Crippen molar-refractivity contribution in [1.82, 2.24) is 0 Å². The van der Waals surface area contributed by atoms with Crippen LogP contribution in [0.3, 0.4) is 0 Å². The van der Waals surface area contributed by atoms with Crippen molar-refractivity contribution >= 4 is 5.97 Å². The fourth-order valence-corrected chi connectivity index (χ4v) is 3.43. The van der Waals surface area contributed by atoms with Crippen LogP contribution in [0.1, 0.15) is 22.6 Å². The summed E-state index contributed by atoms with van der Waals surface area (Å²) >= 11 is 0. The summed E-state index contributed by atoms with van der Waals surface area (Å²) < 4.78 is 5.60. The summed E-state index contributed by atoms with van der Waals surface area (Å²) in [5.74, 6) is -0.0554. The Morgan fingerprint density at radius 1 is 0.750 bits per heavy atom. The van der Waals surface area contributed by atoms with Gasteiger partial charge in [-0.15, -0.1) is 0 Å². The molecule has 0 fully saturated rings. The second kappa shape index (κ2) is 6.32. The number of rotatable bonds is 4. The third-order valence-corrected chi connectivity index (χ3v) is 4.56. The van der Waals surface area contributed by atoms with Crippen molar-refractivity contribution in [2.45, 2.75) is 12.3 Å². The van der Waals surface area contributed by atoms with Gasteiger partial charge in [0.15, 0.2) is 0 Å². The molecule has 2 nitrogen and oxygen atoms in total. The maximum Gasteiger partial charge on any atom is 0.310 e. The third-order valence-electron chi connectivity index (χ3n) is 4.56. The molecule has 0 heterocycles. The van der Waals surface area contributed by atoms with Crippen molar-refractivity contribution in [2.75, 3.05) is 6.61 Å². The monoisotopic (exact) mass is 314 g/mol. The molecule has 0 atom stereocenters. The lowest BCUT2D eigenvalue weighted by atomic mass is 9.98. The minimum atomic E-state index is -0.178. The van der Waals surface area contributed by atoms with E-state index in [2.05, 4.69) is 36.4 Å². The van der Waals surface area contributed by atoms with Gasteiger partial charge in [0.05, 0.1) is 6.42 Å². The van der Waals surface area contributed by atoms with Crippen LogP contribution in [0.15, 0.2) is 78.9 Å². The zero-order valence-corrected chi connectivity index (χ0v) is 13.3. The summed E-state index contributed by atoms with van der Waals surface area (Å²) in [6.07, 6.45) is 0.316. The molecule has 0 saturated carbocycles. The van der Waals surface area contributed by atoms with Crippen LogP contribution in [0.4, 0.5) is 0 Å². The van der Waals surface area contributed by atoms with Gasteiger partial charge in [0.25, 0.3) is 0 Å². The number of hydrogen-bond acceptors (Lipinski definition) is 2. The van der Waals surface area contributed by atoms with Crippen LogP contribution < -0.4 is 0 Å². The van der Waals surface area contributed by atoms with Crippen molar-refractivity contribution < 1.29 is 9.53 Å². The molecule has 0 N–H and O–H groups in total. The van der Waals surface area contributed by atoms with E-state index >= 15 is 0 Å². The topological polar surface area (TPSA) is 26.3 Å². The molecule has 24 heavy (non-hydrogen) atoms. The van der Waals surface area contributed by atoms with Crippen LogP contribution in [0, 0.1) is 0 Å². The molecule has 4 rings (SSSR count). The first-order chi connectivity index (χ1) is 11.8. The van der Waals surface area contributed by atoms with Crippen molar-refractivity contribution in [1.29, 1.82) is 0 Å². The number of carbonyl (C=O) groups excluding carboxylic acids is 1. The Bertz CT molecular complexity index is 822. The van der Waals surface area contributed by atoms with E-state index in [0.29, 0.717) is 13.0 Å². The highest BCUT2D eigenvalue weighted by atomic mass is 16.5. The number of fused-ring (bicyclic) bond motifs is 3. The number of hydrogen-bond donors (Lipinski definition) is 0. The first kappa shape index (κ1) is 14.7. The van der Waals surface area contributed by atoms with E-state index in [-0.39, 0.29) is 11.9 Å². The van der Waals surface area contributed by atoms with Crippen LogP contribution >= 0.6 is 0 Å². The van der Waals surface area contributed by atoms with Gasteiger partial charge >= 0.3 is 5.97 Å². The number of ether oxygens (including phenoxy) is 1. The first-order valence-electron chi connectivity index (χ1n) is 8.21. The summed E-state index contributed by atoms with van der Waals surface area (Å²) in [4.78, 5) is 12.2. The number of benzene rings is 3. The fourth-order valence-electron chi connectivity index (χ4n) is 3.43. The zero-order chi connectivity index (χ0) is 16.4. The quantitative estimate of drug-likeness (QED) is 0.659. The van der Waals surface area contributed by atoms with E-state index in [9.17, 15) is 4.79 Å². The predicted octanol–water partition coefficient (Wildman–Crippen LogP) is 4.58. The molecule has 0 spiro atoms. The Labute approximate surface area is 141 Å². The SMILES string of the molecule is O=C(Cc1ccccc1)OCC1c2ccccc2-c2ccccc21. The molecule has 3 aromatic rings. The predicted molar refractivity (Wildman–Crippen MR) is 94.8 cm³/mol. The second-order valence-corrected chi connectivity index (χ2v) is 6.07. The molecular weight excluding hydrogens is 296 g/mol. The molecular formula is C22H18O2. The average Bonchev–Trinajstić information content (AvgIpc) is 2.95. The molecule has 0 unspecified atom stereocenters. The van der Waals surface area contributed by atoms with Crippen molar-refractivity contribution in [3.63, 3.8) is 0 Å². The van der Waals surface area contributed by atoms with Gasteiger partial charge < -0.3 is 4.74 Å². The summed E-state index contributed by atoms with van der Waals surface area (Å²) in [6, 6.07) is 26.4. The van der Waals surface area contributed by atoms with Gasteiger partial charge in [-0.1, -0.05) is 78.9 Å². The standard InChI is InChI=1S/C22H18O2/c23-22(14-16-8-2-1-3-9-16)24-15-21-19-12-6-4-10-17(19)18-11-5-7-13-20(18)21/h1-13,21H,14-15H2. The summed E-state index contributed by atoms with van der Waals surface area (Å²) in [7, 11) is 0. The van der Waals surface area contributed by atoms with Gasteiger partial charge in [-0.3, -0.25) is 4.79 Å². The molecule has 0 radical (unpaired) electrons. The summed E-state index contributed by atoms with van der Waals surface area (Å²) in [5, 5.41) is 0. The molecule has 3 aromatic carbocycles. The molecule has 118 valence electrons. The minimum Gasteiger partial charge on any atom is -0.464 e. The minimum absolute atomic E-state index is 0.122. The number of carbonyl (C=O) groups is 1. The van der Waals surface area contributed by atoms with Crippen LogP contribution in [0.25, 0.3) is 11.1 Å². The lowest BCUT2D eigenvalue weighted by Crippen LogP contribution is -2.14. The fraction of sp³-hybridized carbons (Fsp3) is 0.136. The van der Waals surface area contributed by atoms with Crippen LogP contribution in [0.2, 0.25) is 0 Å². The van der Waals surface area contributed by atoms with E-state index in [0.717, 1.165) is 5.56 Å². The van der Waals surface area contributed by atoms with Crippen molar-refractivity contribution in [2.24, 2.45) is 0 Å². The highest BCUT2D eigenvalue weighted by Gasteiger charge is 2.28. The van der Waals surface area contributed by atoms with Crippen LogP contribution in [-0.2, 0) is 16.0 Å². The van der Waals surface area contributed by atoms with E-state index in [1.165, 1.54) is 22.3 Å².